The molecule has 17 heteroatoms. The zero-order valence-corrected chi connectivity index (χ0v) is 27.2. The van der Waals surface area contributed by atoms with Crippen LogP contribution in [0.5, 0.6) is 0 Å². The van der Waals surface area contributed by atoms with Crippen molar-refractivity contribution in [3.8, 4) is 0 Å². The van der Waals surface area contributed by atoms with Crippen molar-refractivity contribution >= 4 is 75.4 Å². The summed E-state index contributed by atoms with van der Waals surface area (Å²) >= 11 is 3.97. The fourth-order valence-electron chi connectivity index (χ4n) is 1.34. The molecule has 10 N–H and O–H groups in total. The maximum atomic E-state index is 10.8. The normalized spacial score (nSPS) is 6.74. The summed E-state index contributed by atoms with van der Waals surface area (Å²) in [6.45, 7) is 0. The van der Waals surface area contributed by atoms with Crippen molar-refractivity contribution in [2.24, 2.45) is 0 Å². The van der Waals surface area contributed by atoms with Crippen LogP contribution < -0.4 is 111 Å². The number of carbonyl (C=O) groups excluding carboxylic acids is 2. The third-order valence-electron chi connectivity index (χ3n) is 2.49. The minimum atomic E-state index is -1.21. The minimum Gasteiger partial charge on any atom is -0.870 e. The first-order valence-corrected chi connectivity index (χ1v) is 9.30. The van der Waals surface area contributed by atoms with E-state index in [1.807, 2.05) is 16.8 Å². The Balaban J connectivity index is -0.0000000354. The maximum absolute atomic E-state index is 10.8. The Labute approximate surface area is 284 Å². The summed E-state index contributed by atoms with van der Waals surface area (Å²) in [6.07, 6.45) is 0. The van der Waals surface area contributed by atoms with Gasteiger partial charge in [-0.05, 0) is 34.3 Å². The van der Waals surface area contributed by atoms with Crippen molar-refractivity contribution in [1.29, 1.82) is 0 Å². The number of halogens is 1. The topological polar surface area (TPSA) is 236 Å². The molecule has 3 heterocycles. The molecule has 182 valence electrons. The van der Waals surface area contributed by atoms with Gasteiger partial charge in [-0.25, -0.2) is 4.79 Å². The van der Waals surface area contributed by atoms with Crippen molar-refractivity contribution in [2.45, 2.75) is 14.9 Å². The number of hydrogen-bond acceptors (Lipinski definition) is 12. The molecule has 0 spiro atoms. The summed E-state index contributed by atoms with van der Waals surface area (Å²) in [4.78, 5) is 21.5. The number of aromatic carboxylic acids is 1. The van der Waals surface area contributed by atoms with Crippen LogP contribution in [0.3, 0.4) is 0 Å². The summed E-state index contributed by atoms with van der Waals surface area (Å²) < 4.78 is 4.47. The van der Waals surface area contributed by atoms with Crippen LogP contribution in [0, 0.1) is 0 Å². The molecular formula is C17H29ClN3Na3O7S3. The number of hydrogen-bond donors (Lipinski definition) is 3. The van der Waals surface area contributed by atoms with Crippen LogP contribution in [0.15, 0.2) is 39.7 Å². The number of thiophene rings is 3. The Kier molecular flexibility index (Phi) is 58.9. The van der Waals surface area contributed by atoms with E-state index in [4.69, 9.17) is 17.2 Å². The van der Waals surface area contributed by atoms with Crippen molar-refractivity contribution in [1.82, 2.24) is 0 Å². The minimum absolute atomic E-state index is 0. The smallest absolute Gasteiger partial charge is 0.870 e. The number of esters is 1. The number of nitrogen functional groups attached to an aromatic ring is 3. The fraction of sp³-hybridized carbons (Fsp3) is 0.176. The number of rotatable bonds is 2. The molecule has 0 bridgehead atoms. The first-order chi connectivity index (χ1) is 11.9. The molecule has 0 amide bonds. The van der Waals surface area contributed by atoms with Crippen LogP contribution in [0.2, 0.25) is 0 Å². The molecule has 0 aliphatic carbocycles. The van der Waals surface area contributed by atoms with Gasteiger partial charge in [0.2, 0.25) is 0 Å². The molecule has 3 aromatic heterocycles. The van der Waals surface area contributed by atoms with Gasteiger partial charge in [0, 0.05) is 11.1 Å². The van der Waals surface area contributed by atoms with Gasteiger partial charge < -0.3 is 48.3 Å². The molecular weight excluding hydrogens is 559 g/mol. The average Bonchev–Trinajstić information content (AvgIpc) is 3.30. The van der Waals surface area contributed by atoms with Crippen molar-refractivity contribution in [3.63, 3.8) is 0 Å². The number of carboxylic acids is 1. The average molecular weight is 588 g/mol. The van der Waals surface area contributed by atoms with E-state index >= 15 is 0 Å². The molecule has 0 fully saturated rings. The van der Waals surface area contributed by atoms with E-state index in [2.05, 4.69) is 4.74 Å². The third-order valence-corrected chi connectivity index (χ3v) is 5.01. The number of carboxylic acid groups (broad SMARTS) is 1. The molecule has 0 aliphatic heterocycles. The van der Waals surface area contributed by atoms with Gasteiger partial charge >= 0.3 is 94.6 Å². The standard InChI is InChI=1S/C6H7NO2S.C5H5NO2S.C4H5NS.2CH4.ClH.3Na.3H2O/c1-9-6(8)5-4(7)2-3-10-5;6-3-1-2-9-4(3)5(7)8;5-4-1-2-6-3-4;;;;;;;;;/h2-3H,7H2,1H3;1-2H,6H2,(H,7,8);1-3H,5H2;2*1H4;1H;;;;3*1H2/q;;;;;;3*+1;;;/p-3. The number of nitrogens with two attached hydrogens (primary N) is 3. The molecule has 3 aromatic rings. The second-order valence-electron chi connectivity index (χ2n) is 4.25. The van der Waals surface area contributed by atoms with E-state index in [0.29, 0.717) is 10.6 Å². The van der Waals surface area contributed by atoms with Gasteiger partial charge in [0.15, 0.2) is 0 Å². The fourth-order valence-corrected chi connectivity index (χ4v) is 3.27. The van der Waals surface area contributed by atoms with Crippen molar-refractivity contribution in [3.05, 3.63) is 49.5 Å². The van der Waals surface area contributed by atoms with Crippen LogP contribution in [0.1, 0.15) is 34.2 Å². The van der Waals surface area contributed by atoms with Crippen LogP contribution in [-0.4, -0.2) is 35.5 Å². The number of methoxy groups -OCH3 is 1. The van der Waals surface area contributed by atoms with Gasteiger partial charge in [0.1, 0.15) is 4.88 Å². The first-order valence-electron chi connectivity index (χ1n) is 6.60. The summed E-state index contributed by atoms with van der Waals surface area (Å²) in [7, 11) is 1.33. The van der Waals surface area contributed by atoms with Crippen molar-refractivity contribution < 1.29 is 125 Å². The molecule has 3 rings (SSSR count). The Hall–Kier alpha value is 0.610. The van der Waals surface area contributed by atoms with Gasteiger partial charge in [0.25, 0.3) is 0 Å². The Morgan fingerprint density at radius 3 is 1.44 bits per heavy atom. The zero-order valence-electron chi connectivity index (χ0n) is 17.9. The van der Waals surface area contributed by atoms with E-state index in [1.165, 1.54) is 24.5 Å². The predicted octanol–water partition coefficient (Wildman–Crippen LogP) is -6.33. The number of ether oxygens (including phenoxy) is 1. The predicted molar refractivity (Wildman–Crippen MR) is 130 cm³/mol. The quantitative estimate of drug-likeness (QED) is 0.190. The zero-order chi connectivity index (χ0) is 18.8. The molecule has 0 radical (unpaired) electrons. The number of carbonyl (C=O) groups is 2. The molecule has 34 heavy (non-hydrogen) atoms. The SMILES string of the molecule is C.C.COC(=O)c1sccc1N.Cl.Nc1ccsc1.Nc1ccsc1C(=O)[O-].O.[Na+].[Na+].[Na+].[OH-].[OH-]. The Bertz CT molecular complexity index is 826. The van der Waals surface area contributed by atoms with E-state index in [0.717, 1.165) is 17.0 Å². The summed E-state index contributed by atoms with van der Waals surface area (Å²) in [5.41, 5.74) is 17.6. The van der Waals surface area contributed by atoms with E-state index in [9.17, 15) is 14.7 Å². The van der Waals surface area contributed by atoms with E-state index in [-0.39, 0.29) is 149 Å². The van der Waals surface area contributed by atoms with Crippen LogP contribution >= 0.6 is 46.4 Å². The molecule has 0 saturated heterocycles. The third kappa shape index (κ3) is 23.0. The maximum Gasteiger partial charge on any atom is 1.00 e. The Morgan fingerprint density at radius 2 is 1.26 bits per heavy atom. The number of anilines is 3. The summed E-state index contributed by atoms with van der Waals surface area (Å²) in [5.74, 6) is -1.57. The summed E-state index contributed by atoms with van der Waals surface area (Å²) in [5, 5.41) is 17.3. The molecule has 0 aliphatic rings. The molecule has 0 atom stereocenters. The van der Waals surface area contributed by atoms with Gasteiger partial charge in [-0.15, -0.1) is 35.1 Å². The largest absolute Gasteiger partial charge is 1.00 e. The van der Waals surface area contributed by atoms with Crippen molar-refractivity contribution in [2.75, 3.05) is 24.3 Å². The second kappa shape index (κ2) is 33.6. The first kappa shape index (κ1) is 59.6. The monoisotopic (exact) mass is 587 g/mol. The van der Waals surface area contributed by atoms with Crippen LogP contribution in [0.25, 0.3) is 0 Å². The summed E-state index contributed by atoms with van der Waals surface area (Å²) in [6, 6.07) is 5.09. The molecule has 0 aromatic carbocycles. The van der Waals surface area contributed by atoms with E-state index in [1.54, 1.807) is 28.2 Å². The Morgan fingerprint density at radius 1 is 0.853 bits per heavy atom. The second-order valence-corrected chi connectivity index (χ2v) is 6.86. The van der Waals surface area contributed by atoms with Gasteiger partial charge in [0.05, 0.1) is 29.3 Å². The van der Waals surface area contributed by atoms with Crippen LogP contribution in [0.4, 0.5) is 17.1 Å². The molecule has 0 saturated carbocycles. The van der Waals surface area contributed by atoms with Crippen LogP contribution in [-0.2, 0) is 4.74 Å². The van der Waals surface area contributed by atoms with Gasteiger partial charge in [-0.1, -0.05) is 14.9 Å². The molecule has 0 unspecified atom stereocenters. The molecule has 10 nitrogen and oxygen atoms in total. The van der Waals surface area contributed by atoms with Gasteiger partial charge in [-0.3, -0.25) is 0 Å². The van der Waals surface area contributed by atoms with Gasteiger partial charge in [-0.2, -0.15) is 11.3 Å². The van der Waals surface area contributed by atoms with E-state index < -0.39 is 5.97 Å².